The zero-order valence-corrected chi connectivity index (χ0v) is 12.0. The van der Waals surface area contributed by atoms with Gasteiger partial charge in [0.05, 0.1) is 15.6 Å². The zero-order chi connectivity index (χ0) is 13.4. The Morgan fingerprint density at radius 3 is 2.26 bits per heavy atom. The van der Waals surface area contributed by atoms with Crippen LogP contribution >= 0.6 is 34.8 Å². The maximum Gasteiger partial charge on any atom is 0.139 e. The van der Waals surface area contributed by atoms with Gasteiger partial charge in [0, 0.05) is 10.9 Å². The van der Waals surface area contributed by atoms with Crippen LogP contribution < -0.4 is 0 Å². The van der Waals surface area contributed by atoms with E-state index in [0.717, 1.165) is 16.5 Å². The van der Waals surface area contributed by atoms with E-state index in [-0.39, 0.29) is 0 Å². The highest BCUT2D eigenvalue weighted by atomic mass is 35.5. The quantitative estimate of drug-likeness (QED) is 0.513. The van der Waals surface area contributed by atoms with Gasteiger partial charge in [-0.05, 0) is 11.6 Å². The third-order valence-electron chi connectivity index (χ3n) is 2.92. The summed E-state index contributed by atoms with van der Waals surface area (Å²) < 4.78 is 0. The largest absolute Gasteiger partial charge is 0.234 e. The van der Waals surface area contributed by atoms with Crippen LogP contribution in [0, 0.1) is 0 Å². The SMILES string of the molecule is Clc1nc2c(Cl)cccc2c(Cl)c1-c1ccccc1. The Bertz CT molecular complexity index is 754. The highest BCUT2D eigenvalue weighted by Gasteiger charge is 2.15. The number of benzene rings is 2. The van der Waals surface area contributed by atoms with Gasteiger partial charge in [-0.1, -0.05) is 77.3 Å². The van der Waals surface area contributed by atoms with E-state index in [1.54, 1.807) is 6.07 Å². The average molecular weight is 309 g/mol. The van der Waals surface area contributed by atoms with Gasteiger partial charge in [-0.25, -0.2) is 4.98 Å². The van der Waals surface area contributed by atoms with E-state index in [1.807, 2.05) is 42.5 Å². The number of pyridine rings is 1. The van der Waals surface area contributed by atoms with Crippen LogP contribution in [0.15, 0.2) is 48.5 Å². The van der Waals surface area contributed by atoms with Gasteiger partial charge >= 0.3 is 0 Å². The Hall–Kier alpha value is -1.28. The van der Waals surface area contributed by atoms with Crippen LogP contribution in [-0.4, -0.2) is 4.98 Å². The van der Waals surface area contributed by atoms with Crippen LogP contribution in [0.4, 0.5) is 0 Å². The molecule has 0 saturated carbocycles. The molecular formula is C15H8Cl3N. The Labute approximate surface area is 125 Å². The first-order valence-corrected chi connectivity index (χ1v) is 6.80. The summed E-state index contributed by atoms with van der Waals surface area (Å²) in [7, 11) is 0. The predicted molar refractivity (Wildman–Crippen MR) is 82.2 cm³/mol. The molecule has 0 spiro atoms. The average Bonchev–Trinajstić information content (AvgIpc) is 2.41. The second-order valence-electron chi connectivity index (χ2n) is 4.09. The molecule has 3 rings (SSSR count). The van der Waals surface area contributed by atoms with Gasteiger partial charge in [-0.15, -0.1) is 0 Å². The molecule has 0 saturated heterocycles. The number of aromatic nitrogens is 1. The van der Waals surface area contributed by atoms with Crippen molar-refractivity contribution in [2.24, 2.45) is 0 Å². The molecule has 0 aliphatic carbocycles. The van der Waals surface area contributed by atoms with Crippen molar-refractivity contribution in [3.8, 4) is 11.1 Å². The summed E-state index contributed by atoms with van der Waals surface area (Å²) in [6, 6.07) is 15.2. The second-order valence-corrected chi connectivity index (χ2v) is 5.24. The number of nitrogens with zero attached hydrogens (tertiary/aromatic N) is 1. The zero-order valence-electron chi connectivity index (χ0n) is 9.70. The molecule has 0 fully saturated rings. The van der Waals surface area contributed by atoms with Crippen LogP contribution in [0.2, 0.25) is 15.2 Å². The minimum Gasteiger partial charge on any atom is -0.234 e. The molecule has 4 heteroatoms. The summed E-state index contributed by atoms with van der Waals surface area (Å²) >= 11 is 18.9. The number of para-hydroxylation sites is 1. The van der Waals surface area contributed by atoms with Crippen molar-refractivity contribution in [2.75, 3.05) is 0 Å². The Balaban J connectivity index is 2.39. The van der Waals surface area contributed by atoms with Crippen molar-refractivity contribution in [2.45, 2.75) is 0 Å². The topological polar surface area (TPSA) is 12.9 Å². The molecule has 19 heavy (non-hydrogen) atoms. The lowest BCUT2D eigenvalue weighted by Gasteiger charge is -2.10. The van der Waals surface area contributed by atoms with Crippen LogP contribution in [0.1, 0.15) is 0 Å². The Morgan fingerprint density at radius 1 is 0.789 bits per heavy atom. The van der Waals surface area contributed by atoms with E-state index in [0.29, 0.717) is 20.7 Å². The van der Waals surface area contributed by atoms with Gasteiger partial charge in [0.1, 0.15) is 5.15 Å². The first-order valence-electron chi connectivity index (χ1n) is 5.67. The summed E-state index contributed by atoms with van der Waals surface area (Å²) in [5.74, 6) is 0. The molecule has 0 unspecified atom stereocenters. The van der Waals surface area contributed by atoms with E-state index in [2.05, 4.69) is 4.98 Å². The van der Waals surface area contributed by atoms with E-state index in [9.17, 15) is 0 Å². The predicted octanol–water partition coefficient (Wildman–Crippen LogP) is 5.86. The lowest BCUT2D eigenvalue weighted by atomic mass is 10.1. The summed E-state index contributed by atoms with van der Waals surface area (Å²) in [5, 5.41) is 2.28. The molecule has 0 radical (unpaired) electrons. The van der Waals surface area contributed by atoms with E-state index in [4.69, 9.17) is 34.8 Å². The van der Waals surface area contributed by atoms with Crippen LogP contribution in [-0.2, 0) is 0 Å². The maximum absolute atomic E-state index is 6.47. The number of hydrogen-bond acceptors (Lipinski definition) is 1. The van der Waals surface area contributed by atoms with Crippen molar-refractivity contribution in [3.05, 3.63) is 63.7 Å². The third kappa shape index (κ3) is 2.18. The molecule has 0 N–H and O–H groups in total. The molecule has 2 aromatic carbocycles. The van der Waals surface area contributed by atoms with Crippen molar-refractivity contribution < 1.29 is 0 Å². The number of halogens is 3. The van der Waals surface area contributed by atoms with Crippen LogP contribution in [0.3, 0.4) is 0 Å². The van der Waals surface area contributed by atoms with E-state index >= 15 is 0 Å². The fourth-order valence-electron chi connectivity index (χ4n) is 2.04. The van der Waals surface area contributed by atoms with Gasteiger partial charge in [0.2, 0.25) is 0 Å². The minimum atomic E-state index is 0.358. The van der Waals surface area contributed by atoms with Crippen LogP contribution in [0.25, 0.3) is 22.0 Å². The minimum absolute atomic E-state index is 0.358. The molecule has 0 amide bonds. The number of rotatable bonds is 1. The molecule has 3 aromatic rings. The normalized spacial score (nSPS) is 10.9. The molecule has 94 valence electrons. The summed E-state index contributed by atoms with van der Waals surface area (Å²) in [5.41, 5.74) is 2.30. The molecule has 0 atom stereocenters. The third-order valence-corrected chi connectivity index (χ3v) is 3.89. The fraction of sp³-hybridized carbons (Fsp3) is 0. The first-order chi connectivity index (χ1) is 9.18. The van der Waals surface area contributed by atoms with E-state index < -0.39 is 0 Å². The molecule has 1 heterocycles. The number of hydrogen-bond donors (Lipinski definition) is 0. The van der Waals surface area contributed by atoms with Gasteiger partial charge < -0.3 is 0 Å². The summed E-state index contributed by atoms with van der Waals surface area (Å²) in [4.78, 5) is 4.36. The molecule has 1 aromatic heterocycles. The smallest absolute Gasteiger partial charge is 0.139 e. The summed E-state index contributed by atoms with van der Waals surface area (Å²) in [6.07, 6.45) is 0. The lowest BCUT2D eigenvalue weighted by molar-refractivity contribution is 1.41. The molecular weight excluding hydrogens is 301 g/mol. The second kappa shape index (κ2) is 5.01. The number of fused-ring (bicyclic) bond motifs is 1. The Kier molecular flexibility index (Phi) is 3.36. The van der Waals surface area contributed by atoms with Crippen molar-refractivity contribution >= 4 is 45.7 Å². The maximum atomic E-state index is 6.47. The molecule has 0 bridgehead atoms. The van der Waals surface area contributed by atoms with Crippen molar-refractivity contribution in [1.29, 1.82) is 0 Å². The van der Waals surface area contributed by atoms with Crippen molar-refractivity contribution in [1.82, 2.24) is 4.98 Å². The molecule has 0 aliphatic heterocycles. The highest BCUT2D eigenvalue weighted by molar-refractivity contribution is 6.44. The van der Waals surface area contributed by atoms with Crippen molar-refractivity contribution in [3.63, 3.8) is 0 Å². The van der Waals surface area contributed by atoms with E-state index in [1.165, 1.54) is 0 Å². The standard InChI is InChI=1S/C15H8Cl3N/c16-11-8-4-7-10-13(17)12(15(18)19-14(10)11)9-5-2-1-3-6-9/h1-8H. The first kappa shape index (κ1) is 12.7. The van der Waals surface area contributed by atoms with Crippen LogP contribution in [0.5, 0.6) is 0 Å². The van der Waals surface area contributed by atoms with Gasteiger partial charge in [0.15, 0.2) is 0 Å². The lowest BCUT2D eigenvalue weighted by Crippen LogP contribution is -1.89. The van der Waals surface area contributed by atoms with Gasteiger partial charge in [0.25, 0.3) is 0 Å². The highest BCUT2D eigenvalue weighted by Crippen LogP contribution is 2.39. The van der Waals surface area contributed by atoms with Gasteiger partial charge in [-0.2, -0.15) is 0 Å². The monoisotopic (exact) mass is 307 g/mol. The van der Waals surface area contributed by atoms with Gasteiger partial charge in [-0.3, -0.25) is 0 Å². The summed E-state index contributed by atoms with van der Waals surface area (Å²) in [6.45, 7) is 0. The molecule has 0 aliphatic rings. The Morgan fingerprint density at radius 2 is 1.53 bits per heavy atom. The molecule has 1 nitrogen and oxygen atoms in total. The fourth-order valence-corrected chi connectivity index (χ4v) is 2.94.